The summed E-state index contributed by atoms with van der Waals surface area (Å²) in [5, 5.41) is 11.1. The lowest BCUT2D eigenvalue weighted by molar-refractivity contribution is 0.604. The van der Waals surface area contributed by atoms with Crippen molar-refractivity contribution in [1.29, 1.82) is 0 Å². The number of benzene rings is 12. The van der Waals surface area contributed by atoms with Gasteiger partial charge in [0.05, 0.1) is 0 Å². The third-order valence-corrected chi connectivity index (χ3v) is 16.8. The lowest BCUT2D eigenvalue weighted by Crippen LogP contribution is -2.14. The highest BCUT2D eigenvalue weighted by Gasteiger charge is 2.36. The standard InChI is InChI=1S/C76H53NO2/c1-5-15-72-56(6-2)64-22-13-20-57(74(64)78-72)50-32-39-54(40-33-50)77(55-41-34-51(35-42-55)58-21-14-23-65-63-19-10-12-25-73(63)79-75(58)65)53-37-30-48(31-38-53)47-26-28-49(29-27-47)52-36-43-61-66(44-52)59-16-7-8-17-60(59)67-45-69-62-18-9-11-24-70(62)76(3,4)71(69)46-68(61)67/h5-46H,2H2,1,3-4H3/b15-5-. The van der Waals surface area contributed by atoms with E-state index in [4.69, 9.17) is 8.83 Å². The van der Waals surface area contributed by atoms with Crippen molar-refractivity contribution in [2.75, 3.05) is 4.90 Å². The quantitative estimate of drug-likeness (QED) is 0.135. The molecule has 79 heavy (non-hydrogen) atoms. The van der Waals surface area contributed by atoms with Crippen LogP contribution >= 0.6 is 0 Å². The topological polar surface area (TPSA) is 29.5 Å². The minimum atomic E-state index is -0.0709. The number of rotatable bonds is 9. The van der Waals surface area contributed by atoms with Gasteiger partial charge >= 0.3 is 0 Å². The molecule has 15 rings (SSSR count). The molecule has 3 nitrogen and oxygen atoms in total. The van der Waals surface area contributed by atoms with Crippen molar-refractivity contribution in [1.82, 2.24) is 0 Å². The van der Waals surface area contributed by atoms with Crippen LogP contribution in [0, 0.1) is 0 Å². The molecule has 0 aliphatic heterocycles. The fraction of sp³-hybridized carbons (Fsp3) is 0.0526. The summed E-state index contributed by atoms with van der Waals surface area (Å²) in [5.41, 5.74) is 21.2. The first-order valence-corrected chi connectivity index (χ1v) is 27.3. The molecular formula is C76H53NO2. The Kier molecular flexibility index (Phi) is 10.6. The van der Waals surface area contributed by atoms with E-state index in [-0.39, 0.29) is 5.41 Å². The Morgan fingerprint density at radius 3 is 1.47 bits per heavy atom. The third kappa shape index (κ3) is 7.34. The summed E-state index contributed by atoms with van der Waals surface area (Å²) in [6.45, 7) is 10.8. The maximum Gasteiger partial charge on any atom is 0.143 e. The van der Waals surface area contributed by atoms with Gasteiger partial charge in [-0.1, -0.05) is 209 Å². The first-order chi connectivity index (χ1) is 38.8. The zero-order valence-corrected chi connectivity index (χ0v) is 44.2. The molecule has 2 aromatic heterocycles. The Hall–Kier alpha value is -9.96. The van der Waals surface area contributed by atoms with Crippen LogP contribution in [0.4, 0.5) is 17.1 Å². The molecule has 374 valence electrons. The van der Waals surface area contributed by atoms with E-state index in [1.54, 1.807) is 0 Å². The van der Waals surface area contributed by atoms with Gasteiger partial charge in [0.2, 0.25) is 0 Å². The normalized spacial score (nSPS) is 12.8. The van der Waals surface area contributed by atoms with Crippen molar-refractivity contribution >= 4 is 94.4 Å². The van der Waals surface area contributed by atoms with Gasteiger partial charge in [0.1, 0.15) is 22.5 Å². The number of fused-ring (bicyclic) bond motifs is 13. The highest BCUT2D eigenvalue weighted by atomic mass is 16.3. The number of nitrogens with zero attached hydrogens (tertiary/aromatic N) is 1. The first kappa shape index (κ1) is 46.4. The number of allylic oxidation sites excluding steroid dienone is 1. The predicted molar refractivity (Wildman–Crippen MR) is 335 cm³/mol. The van der Waals surface area contributed by atoms with Gasteiger partial charge in [-0.15, -0.1) is 0 Å². The van der Waals surface area contributed by atoms with Crippen molar-refractivity contribution < 1.29 is 8.83 Å². The summed E-state index contributed by atoms with van der Waals surface area (Å²) in [7, 11) is 0. The van der Waals surface area contributed by atoms with Gasteiger partial charge in [0.15, 0.2) is 0 Å². The lowest BCUT2D eigenvalue weighted by Gasteiger charge is -2.26. The molecule has 14 aromatic rings. The summed E-state index contributed by atoms with van der Waals surface area (Å²) >= 11 is 0. The molecule has 0 atom stereocenters. The minimum absolute atomic E-state index is 0.0709. The summed E-state index contributed by atoms with van der Waals surface area (Å²) in [6.07, 6.45) is 5.88. The van der Waals surface area contributed by atoms with Crippen LogP contribution in [0.2, 0.25) is 0 Å². The van der Waals surface area contributed by atoms with Crippen LogP contribution in [0.25, 0.3) is 133 Å². The Morgan fingerprint density at radius 2 is 0.835 bits per heavy atom. The predicted octanol–water partition coefficient (Wildman–Crippen LogP) is 21.9. The average molecular weight is 1010 g/mol. The van der Waals surface area contributed by atoms with Gasteiger partial charge in [0, 0.05) is 55.3 Å². The third-order valence-electron chi connectivity index (χ3n) is 16.8. The minimum Gasteiger partial charge on any atom is -0.455 e. The highest BCUT2D eigenvalue weighted by molar-refractivity contribution is 6.27. The van der Waals surface area contributed by atoms with E-state index in [0.717, 1.165) is 94.7 Å². The second-order valence-electron chi connectivity index (χ2n) is 21.5. The number of hydrogen-bond acceptors (Lipinski definition) is 3. The van der Waals surface area contributed by atoms with Crippen LogP contribution in [0.1, 0.15) is 43.2 Å². The zero-order valence-electron chi connectivity index (χ0n) is 44.2. The molecule has 1 aliphatic carbocycles. The number of para-hydroxylation sites is 3. The van der Waals surface area contributed by atoms with E-state index >= 15 is 0 Å². The molecule has 0 fully saturated rings. The van der Waals surface area contributed by atoms with Crippen LogP contribution in [0.3, 0.4) is 0 Å². The molecule has 3 heteroatoms. The average Bonchev–Trinajstić information content (AvgIpc) is 4.31. The first-order valence-electron chi connectivity index (χ1n) is 27.3. The van der Waals surface area contributed by atoms with E-state index < -0.39 is 0 Å². The van der Waals surface area contributed by atoms with Crippen LogP contribution in [0.5, 0.6) is 0 Å². The molecule has 0 saturated heterocycles. The van der Waals surface area contributed by atoms with E-state index in [0.29, 0.717) is 0 Å². The fourth-order valence-corrected chi connectivity index (χ4v) is 12.9. The van der Waals surface area contributed by atoms with Crippen molar-refractivity contribution in [3.05, 3.63) is 272 Å². The van der Waals surface area contributed by atoms with Crippen molar-refractivity contribution in [3.63, 3.8) is 0 Å². The van der Waals surface area contributed by atoms with E-state index in [9.17, 15) is 0 Å². The molecule has 2 heterocycles. The van der Waals surface area contributed by atoms with Gasteiger partial charge in [-0.05, 0) is 162 Å². The van der Waals surface area contributed by atoms with E-state index in [1.165, 1.54) is 65.7 Å². The molecule has 0 radical (unpaired) electrons. The molecule has 0 unspecified atom stereocenters. The summed E-state index contributed by atoms with van der Waals surface area (Å²) in [4.78, 5) is 2.33. The molecule has 0 amide bonds. The molecule has 0 spiro atoms. The molecule has 12 aromatic carbocycles. The van der Waals surface area contributed by atoms with Gasteiger partial charge in [-0.3, -0.25) is 0 Å². The summed E-state index contributed by atoms with van der Waals surface area (Å²) in [5.74, 6) is 0.814. The van der Waals surface area contributed by atoms with Gasteiger partial charge in [-0.25, -0.2) is 0 Å². The largest absolute Gasteiger partial charge is 0.455 e. The highest BCUT2D eigenvalue weighted by Crippen LogP contribution is 2.52. The van der Waals surface area contributed by atoms with Gasteiger partial charge in [0.25, 0.3) is 0 Å². The van der Waals surface area contributed by atoms with Crippen LogP contribution in [-0.2, 0) is 5.41 Å². The zero-order chi connectivity index (χ0) is 52.9. The van der Waals surface area contributed by atoms with Gasteiger partial charge in [-0.2, -0.15) is 0 Å². The smallest absolute Gasteiger partial charge is 0.143 e. The Morgan fingerprint density at radius 1 is 0.367 bits per heavy atom. The monoisotopic (exact) mass is 1010 g/mol. The molecular weight excluding hydrogens is 959 g/mol. The van der Waals surface area contributed by atoms with Gasteiger partial charge < -0.3 is 13.7 Å². The number of hydrogen-bond donors (Lipinski definition) is 0. The maximum absolute atomic E-state index is 6.49. The lowest BCUT2D eigenvalue weighted by atomic mass is 9.81. The molecule has 0 bridgehead atoms. The number of anilines is 3. The van der Waals surface area contributed by atoms with Crippen LogP contribution in [0.15, 0.2) is 258 Å². The Bertz CT molecular complexity index is 4800. The van der Waals surface area contributed by atoms with E-state index in [2.05, 4.69) is 250 Å². The number of furan rings is 2. The van der Waals surface area contributed by atoms with Crippen molar-refractivity contribution in [2.45, 2.75) is 26.2 Å². The van der Waals surface area contributed by atoms with Crippen LogP contribution < -0.4 is 4.90 Å². The summed E-state index contributed by atoms with van der Waals surface area (Å²) < 4.78 is 13.0. The Balaban J connectivity index is 0.773. The molecule has 0 N–H and O–H groups in total. The second kappa shape index (κ2) is 18.1. The maximum atomic E-state index is 6.49. The Labute approximate surface area is 459 Å². The van der Waals surface area contributed by atoms with Crippen molar-refractivity contribution in [2.24, 2.45) is 0 Å². The fourth-order valence-electron chi connectivity index (χ4n) is 12.9. The summed E-state index contributed by atoms with van der Waals surface area (Å²) in [6, 6.07) is 86.5. The van der Waals surface area contributed by atoms with Crippen molar-refractivity contribution in [3.8, 4) is 55.6 Å². The molecule has 1 aliphatic rings. The van der Waals surface area contributed by atoms with E-state index in [1.807, 2.05) is 37.3 Å². The molecule has 0 saturated carbocycles. The van der Waals surface area contributed by atoms with Crippen LogP contribution in [-0.4, -0.2) is 0 Å². The second-order valence-corrected chi connectivity index (χ2v) is 21.5. The SMILES string of the molecule is C=Cc1c(/C=C\C)oc2c(-c3ccc(N(c4ccc(-c5ccc(-c6ccc7c(c6)c6ccccc6c6cc8c(cc76)C(C)(C)c6ccccc6-8)cc5)cc4)c4ccc(-c5cccc6c5oc5ccccc56)cc4)cc3)cccc12.